The molecule has 1 saturated heterocycles. The van der Waals surface area contributed by atoms with Gasteiger partial charge in [0.2, 0.25) is 0 Å². The number of likely N-dealkylation sites (tertiary alicyclic amines) is 1. The van der Waals surface area contributed by atoms with Crippen LogP contribution in [-0.2, 0) is 0 Å². The van der Waals surface area contributed by atoms with Crippen LogP contribution >= 0.6 is 0 Å². The van der Waals surface area contributed by atoms with Gasteiger partial charge in [-0.25, -0.2) is 0 Å². The first-order valence-corrected chi connectivity index (χ1v) is 7.66. The smallest absolute Gasteiger partial charge is 0.0580 e. The Kier molecular flexibility index (Phi) is 5.30. The first-order valence-electron chi connectivity index (χ1n) is 7.66. The molecule has 3 unspecified atom stereocenters. The first-order chi connectivity index (χ1) is 8.25. The van der Waals surface area contributed by atoms with Crippen molar-refractivity contribution in [3.8, 4) is 0 Å². The Morgan fingerprint density at radius 3 is 2.65 bits per heavy atom. The van der Waals surface area contributed by atoms with Gasteiger partial charge in [-0.05, 0) is 57.0 Å². The Morgan fingerprint density at radius 2 is 1.76 bits per heavy atom. The number of hydrogen-bond acceptors (Lipinski definition) is 2. The summed E-state index contributed by atoms with van der Waals surface area (Å²) >= 11 is 0. The van der Waals surface area contributed by atoms with Gasteiger partial charge in [0.1, 0.15) is 0 Å². The molecule has 2 rings (SSSR count). The second kappa shape index (κ2) is 6.75. The van der Waals surface area contributed by atoms with Gasteiger partial charge < -0.3 is 10.0 Å². The lowest BCUT2D eigenvalue weighted by Crippen LogP contribution is -2.35. The Hall–Kier alpha value is -0.0800. The van der Waals surface area contributed by atoms with Gasteiger partial charge in [0.25, 0.3) is 0 Å². The molecule has 0 aromatic heterocycles. The maximum Gasteiger partial charge on any atom is 0.0580 e. The third-order valence-electron chi connectivity index (χ3n) is 4.72. The zero-order valence-corrected chi connectivity index (χ0v) is 11.4. The molecule has 0 aromatic rings. The summed E-state index contributed by atoms with van der Waals surface area (Å²) < 4.78 is 0. The number of hydrogen-bond donors (Lipinski definition) is 1. The average molecular weight is 239 g/mol. The van der Waals surface area contributed by atoms with Crippen LogP contribution in [0, 0.1) is 11.8 Å². The third-order valence-corrected chi connectivity index (χ3v) is 4.72. The fourth-order valence-corrected chi connectivity index (χ4v) is 3.41. The van der Waals surface area contributed by atoms with Crippen LogP contribution in [0.15, 0.2) is 0 Å². The van der Waals surface area contributed by atoms with Crippen LogP contribution in [0.1, 0.15) is 58.3 Å². The molecule has 2 nitrogen and oxygen atoms in total. The standard InChI is InChI=1S/C15H29NO/c1-13-6-5-10-16(11-9-13)12-14-7-3-2-4-8-15(14)17/h13-15,17H,2-12H2,1H3. The first kappa shape index (κ1) is 13.4. The van der Waals surface area contributed by atoms with E-state index in [9.17, 15) is 5.11 Å². The summed E-state index contributed by atoms with van der Waals surface area (Å²) in [5.74, 6) is 1.45. The van der Waals surface area contributed by atoms with Crippen LogP contribution in [0.3, 0.4) is 0 Å². The predicted molar refractivity (Wildman–Crippen MR) is 72.0 cm³/mol. The van der Waals surface area contributed by atoms with Crippen molar-refractivity contribution in [1.82, 2.24) is 4.90 Å². The highest BCUT2D eigenvalue weighted by atomic mass is 16.3. The van der Waals surface area contributed by atoms with Crippen LogP contribution in [0.2, 0.25) is 0 Å². The molecular weight excluding hydrogens is 210 g/mol. The van der Waals surface area contributed by atoms with Crippen LogP contribution in [0.25, 0.3) is 0 Å². The number of nitrogens with zero attached hydrogens (tertiary/aromatic N) is 1. The van der Waals surface area contributed by atoms with E-state index in [-0.39, 0.29) is 6.10 Å². The van der Waals surface area contributed by atoms with Gasteiger partial charge in [-0.15, -0.1) is 0 Å². The highest BCUT2D eigenvalue weighted by Crippen LogP contribution is 2.25. The van der Waals surface area contributed by atoms with E-state index in [2.05, 4.69) is 11.8 Å². The maximum atomic E-state index is 10.2. The molecule has 0 radical (unpaired) electrons. The monoisotopic (exact) mass is 239 g/mol. The fraction of sp³-hybridized carbons (Fsp3) is 1.00. The minimum absolute atomic E-state index is 0.0295. The lowest BCUT2D eigenvalue weighted by Gasteiger charge is -2.28. The molecule has 1 N–H and O–H groups in total. The molecule has 0 amide bonds. The van der Waals surface area contributed by atoms with E-state index >= 15 is 0 Å². The predicted octanol–water partition coefficient (Wildman–Crippen LogP) is 3.05. The van der Waals surface area contributed by atoms with Crippen molar-refractivity contribution in [2.75, 3.05) is 19.6 Å². The Morgan fingerprint density at radius 1 is 0.941 bits per heavy atom. The normalized spacial score (nSPS) is 37.4. The molecule has 2 fully saturated rings. The van der Waals surface area contributed by atoms with Crippen molar-refractivity contribution in [3.05, 3.63) is 0 Å². The van der Waals surface area contributed by atoms with Gasteiger partial charge >= 0.3 is 0 Å². The van der Waals surface area contributed by atoms with Gasteiger partial charge in [0.05, 0.1) is 6.10 Å². The molecule has 2 aliphatic rings. The Bertz CT molecular complexity index is 219. The van der Waals surface area contributed by atoms with E-state index in [1.54, 1.807) is 0 Å². The molecule has 100 valence electrons. The summed E-state index contributed by atoms with van der Waals surface area (Å²) in [6, 6.07) is 0. The second-order valence-electron chi connectivity index (χ2n) is 6.30. The molecule has 1 aliphatic heterocycles. The van der Waals surface area contributed by atoms with Crippen molar-refractivity contribution in [1.29, 1.82) is 0 Å². The van der Waals surface area contributed by atoms with Crippen LogP contribution in [-0.4, -0.2) is 35.7 Å². The van der Waals surface area contributed by atoms with Crippen molar-refractivity contribution >= 4 is 0 Å². The minimum Gasteiger partial charge on any atom is -0.393 e. The summed E-state index contributed by atoms with van der Waals surface area (Å²) in [4.78, 5) is 2.61. The average Bonchev–Trinajstić information content (AvgIpc) is 2.63. The molecule has 3 atom stereocenters. The molecule has 1 saturated carbocycles. The van der Waals surface area contributed by atoms with Crippen molar-refractivity contribution in [2.24, 2.45) is 11.8 Å². The van der Waals surface area contributed by atoms with Gasteiger partial charge in [-0.2, -0.15) is 0 Å². The van der Waals surface area contributed by atoms with Crippen LogP contribution in [0.5, 0.6) is 0 Å². The number of aliphatic hydroxyl groups is 1. The lowest BCUT2D eigenvalue weighted by molar-refractivity contribution is 0.0740. The van der Waals surface area contributed by atoms with E-state index in [1.807, 2.05) is 0 Å². The summed E-state index contributed by atoms with van der Waals surface area (Å²) in [6.07, 6.45) is 10.2. The van der Waals surface area contributed by atoms with Gasteiger partial charge in [-0.3, -0.25) is 0 Å². The van der Waals surface area contributed by atoms with E-state index < -0.39 is 0 Å². The van der Waals surface area contributed by atoms with E-state index in [4.69, 9.17) is 0 Å². The maximum absolute atomic E-state index is 10.2. The molecule has 1 aliphatic carbocycles. The van der Waals surface area contributed by atoms with Crippen molar-refractivity contribution in [3.63, 3.8) is 0 Å². The number of rotatable bonds is 2. The Labute approximate surface area is 106 Å². The van der Waals surface area contributed by atoms with E-state index in [0.29, 0.717) is 5.92 Å². The molecule has 17 heavy (non-hydrogen) atoms. The topological polar surface area (TPSA) is 23.5 Å². The molecule has 1 heterocycles. The molecular formula is C15H29NO. The number of aliphatic hydroxyl groups excluding tert-OH is 1. The van der Waals surface area contributed by atoms with E-state index in [1.165, 1.54) is 58.0 Å². The third kappa shape index (κ3) is 4.26. The Balaban J connectivity index is 1.81. The van der Waals surface area contributed by atoms with Gasteiger partial charge in [0, 0.05) is 6.54 Å². The second-order valence-corrected chi connectivity index (χ2v) is 6.30. The van der Waals surface area contributed by atoms with Gasteiger partial charge in [-0.1, -0.05) is 26.2 Å². The summed E-state index contributed by atoms with van der Waals surface area (Å²) in [7, 11) is 0. The van der Waals surface area contributed by atoms with E-state index in [0.717, 1.165) is 18.9 Å². The van der Waals surface area contributed by atoms with Crippen LogP contribution < -0.4 is 0 Å². The molecule has 0 bridgehead atoms. The van der Waals surface area contributed by atoms with Crippen LogP contribution in [0.4, 0.5) is 0 Å². The van der Waals surface area contributed by atoms with Crippen molar-refractivity contribution < 1.29 is 5.11 Å². The zero-order valence-electron chi connectivity index (χ0n) is 11.4. The van der Waals surface area contributed by atoms with Gasteiger partial charge in [0.15, 0.2) is 0 Å². The zero-order chi connectivity index (χ0) is 12.1. The highest BCUT2D eigenvalue weighted by Gasteiger charge is 2.24. The molecule has 2 heteroatoms. The molecule has 0 aromatic carbocycles. The largest absolute Gasteiger partial charge is 0.393 e. The minimum atomic E-state index is -0.0295. The highest BCUT2D eigenvalue weighted by molar-refractivity contribution is 4.78. The summed E-state index contributed by atoms with van der Waals surface area (Å²) in [5.41, 5.74) is 0. The SMILES string of the molecule is CC1CCCN(CC2CCCCCC2O)CC1. The van der Waals surface area contributed by atoms with Crippen molar-refractivity contribution in [2.45, 2.75) is 64.4 Å². The summed E-state index contributed by atoms with van der Waals surface area (Å²) in [5, 5.41) is 10.2. The fourth-order valence-electron chi connectivity index (χ4n) is 3.41. The lowest BCUT2D eigenvalue weighted by atomic mass is 9.96. The quantitative estimate of drug-likeness (QED) is 0.749. The summed E-state index contributed by atoms with van der Waals surface area (Å²) in [6.45, 7) is 6.04. The molecule has 0 spiro atoms.